The maximum Gasteiger partial charge on any atom is 0.0483 e. The Hall–Kier alpha value is -0.570. The summed E-state index contributed by atoms with van der Waals surface area (Å²) in [6.07, 6.45) is 2.15. The molecule has 0 bridgehead atoms. The van der Waals surface area contributed by atoms with Crippen LogP contribution < -0.4 is 5.32 Å². The van der Waals surface area contributed by atoms with Crippen molar-refractivity contribution in [2.24, 2.45) is 0 Å². The number of hydrogen-bond donors (Lipinski definition) is 1. The molecule has 1 fully saturated rings. The Labute approximate surface area is 108 Å². The molecule has 0 unspecified atom stereocenters. The van der Waals surface area contributed by atoms with Gasteiger partial charge in [-0.2, -0.15) is 0 Å². The first-order chi connectivity index (χ1) is 8.09. The Morgan fingerprint density at radius 3 is 2.71 bits per heavy atom. The largest absolute Gasteiger partial charge is 0.381 e. The molecule has 0 amide bonds. The van der Waals surface area contributed by atoms with Crippen molar-refractivity contribution in [3.8, 4) is 0 Å². The van der Waals surface area contributed by atoms with Crippen LogP contribution in [0.15, 0.2) is 18.2 Å². The molecule has 0 aliphatic carbocycles. The summed E-state index contributed by atoms with van der Waals surface area (Å²) in [4.78, 5) is 0. The first-order valence-electron chi connectivity index (χ1n) is 6.17. The van der Waals surface area contributed by atoms with E-state index in [-0.39, 0.29) is 5.54 Å². The van der Waals surface area contributed by atoms with Crippen LogP contribution >= 0.6 is 11.6 Å². The maximum absolute atomic E-state index is 6.12. The van der Waals surface area contributed by atoms with E-state index in [1.807, 2.05) is 13.0 Å². The van der Waals surface area contributed by atoms with Crippen molar-refractivity contribution >= 4 is 11.6 Å². The Morgan fingerprint density at radius 1 is 1.35 bits per heavy atom. The minimum atomic E-state index is 0.204. The fraction of sp³-hybridized carbons (Fsp3) is 0.571. The van der Waals surface area contributed by atoms with Gasteiger partial charge in [0.2, 0.25) is 0 Å². The lowest BCUT2D eigenvalue weighted by Gasteiger charge is -2.34. The van der Waals surface area contributed by atoms with Crippen molar-refractivity contribution in [2.75, 3.05) is 13.2 Å². The quantitative estimate of drug-likeness (QED) is 0.893. The van der Waals surface area contributed by atoms with Crippen molar-refractivity contribution in [3.05, 3.63) is 34.3 Å². The fourth-order valence-electron chi connectivity index (χ4n) is 2.06. The lowest BCUT2D eigenvalue weighted by molar-refractivity contribution is 0.0446. The second kappa shape index (κ2) is 5.38. The van der Waals surface area contributed by atoms with Gasteiger partial charge in [0.05, 0.1) is 0 Å². The van der Waals surface area contributed by atoms with Crippen LogP contribution in [0.25, 0.3) is 0 Å². The smallest absolute Gasteiger partial charge is 0.0483 e. The van der Waals surface area contributed by atoms with Crippen molar-refractivity contribution in [1.29, 1.82) is 0 Å². The standard InChI is InChI=1S/C14H20ClNO/c1-11-3-4-12(9-13(11)15)10-16-14(2)5-7-17-8-6-14/h3-4,9,16H,5-8,10H2,1-2H3. The van der Waals surface area contributed by atoms with Crippen molar-refractivity contribution in [3.63, 3.8) is 0 Å². The summed E-state index contributed by atoms with van der Waals surface area (Å²) in [6.45, 7) is 6.89. The molecule has 2 rings (SSSR count). The van der Waals surface area contributed by atoms with Gasteiger partial charge in [-0.1, -0.05) is 23.7 Å². The minimum Gasteiger partial charge on any atom is -0.381 e. The molecule has 1 aliphatic heterocycles. The third-order valence-electron chi connectivity index (χ3n) is 3.55. The Kier molecular flexibility index (Phi) is 4.08. The number of ether oxygens (including phenoxy) is 1. The van der Waals surface area contributed by atoms with Gasteiger partial charge >= 0.3 is 0 Å². The number of hydrogen-bond acceptors (Lipinski definition) is 2. The molecule has 0 spiro atoms. The molecule has 17 heavy (non-hydrogen) atoms. The van der Waals surface area contributed by atoms with Gasteiger partial charge in [0.1, 0.15) is 0 Å². The predicted molar refractivity (Wildman–Crippen MR) is 71.5 cm³/mol. The van der Waals surface area contributed by atoms with Crippen LogP contribution in [0.3, 0.4) is 0 Å². The highest BCUT2D eigenvalue weighted by Gasteiger charge is 2.26. The number of aryl methyl sites for hydroxylation is 1. The van der Waals surface area contributed by atoms with Crippen LogP contribution in [0.5, 0.6) is 0 Å². The summed E-state index contributed by atoms with van der Waals surface area (Å²) in [6, 6.07) is 6.26. The normalized spacial score (nSPS) is 19.2. The number of benzene rings is 1. The van der Waals surface area contributed by atoms with E-state index in [0.717, 1.165) is 43.2 Å². The van der Waals surface area contributed by atoms with Crippen LogP contribution in [-0.4, -0.2) is 18.8 Å². The Balaban J connectivity index is 1.94. The summed E-state index contributed by atoms with van der Waals surface area (Å²) in [5.74, 6) is 0. The monoisotopic (exact) mass is 253 g/mol. The summed E-state index contributed by atoms with van der Waals surface area (Å²) in [5, 5.41) is 4.47. The van der Waals surface area contributed by atoms with Crippen LogP contribution in [0.4, 0.5) is 0 Å². The van der Waals surface area contributed by atoms with Gasteiger partial charge in [-0.15, -0.1) is 0 Å². The first kappa shape index (κ1) is 12.9. The average Bonchev–Trinajstić information content (AvgIpc) is 2.32. The van der Waals surface area contributed by atoms with E-state index in [0.29, 0.717) is 0 Å². The topological polar surface area (TPSA) is 21.3 Å². The van der Waals surface area contributed by atoms with Gasteiger partial charge < -0.3 is 10.1 Å². The zero-order valence-corrected chi connectivity index (χ0v) is 11.3. The van der Waals surface area contributed by atoms with Crippen LogP contribution in [-0.2, 0) is 11.3 Å². The predicted octanol–water partition coefficient (Wildman–Crippen LogP) is 3.31. The van der Waals surface area contributed by atoms with Gasteiger partial charge in [-0.25, -0.2) is 0 Å². The van der Waals surface area contributed by atoms with Crippen molar-refractivity contribution in [2.45, 2.75) is 38.8 Å². The summed E-state index contributed by atoms with van der Waals surface area (Å²) >= 11 is 6.12. The molecular formula is C14H20ClNO. The summed E-state index contributed by atoms with van der Waals surface area (Å²) in [7, 11) is 0. The molecular weight excluding hydrogens is 234 g/mol. The number of rotatable bonds is 3. The first-order valence-corrected chi connectivity index (χ1v) is 6.55. The van der Waals surface area contributed by atoms with E-state index in [1.165, 1.54) is 5.56 Å². The fourth-order valence-corrected chi connectivity index (χ4v) is 2.26. The lowest BCUT2D eigenvalue weighted by Crippen LogP contribution is -2.46. The molecule has 0 aromatic heterocycles. The summed E-state index contributed by atoms with van der Waals surface area (Å²) < 4.78 is 5.39. The van der Waals surface area contributed by atoms with E-state index in [4.69, 9.17) is 16.3 Å². The molecule has 1 aliphatic rings. The third kappa shape index (κ3) is 3.44. The highest BCUT2D eigenvalue weighted by molar-refractivity contribution is 6.31. The molecule has 1 aromatic rings. The van der Waals surface area contributed by atoms with Gasteiger partial charge in [-0.3, -0.25) is 0 Å². The van der Waals surface area contributed by atoms with E-state index in [1.54, 1.807) is 0 Å². The van der Waals surface area contributed by atoms with E-state index in [2.05, 4.69) is 24.4 Å². The van der Waals surface area contributed by atoms with Crippen molar-refractivity contribution < 1.29 is 4.74 Å². The maximum atomic E-state index is 6.12. The second-order valence-electron chi connectivity index (χ2n) is 5.11. The number of nitrogens with one attached hydrogen (secondary N) is 1. The zero-order chi connectivity index (χ0) is 12.3. The third-order valence-corrected chi connectivity index (χ3v) is 3.96. The average molecular weight is 254 g/mol. The van der Waals surface area contributed by atoms with E-state index < -0.39 is 0 Å². The van der Waals surface area contributed by atoms with Crippen LogP contribution in [0.2, 0.25) is 5.02 Å². The SMILES string of the molecule is Cc1ccc(CNC2(C)CCOCC2)cc1Cl. The zero-order valence-electron chi connectivity index (χ0n) is 10.6. The van der Waals surface area contributed by atoms with Gasteiger partial charge in [0.25, 0.3) is 0 Å². The molecule has 0 radical (unpaired) electrons. The second-order valence-corrected chi connectivity index (χ2v) is 5.52. The Bertz CT molecular complexity index is 386. The van der Waals surface area contributed by atoms with Crippen LogP contribution in [0.1, 0.15) is 30.9 Å². The molecule has 2 nitrogen and oxygen atoms in total. The molecule has 1 N–H and O–H groups in total. The lowest BCUT2D eigenvalue weighted by atomic mass is 9.92. The molecule has 0 atom stereocenters. The van der Waals surface area contributed by atoms with Crippen molar-refractivity contribution in [1.82, 2.24) is 5.32 Å². The van der Waals surface area contributed by atoms with E-state index >= 15 is 0 Å². The highest BCUT2D eigenvalue weighted by Crippen LogP contribution is 2.21. The molecule has 94 valence electrons. The van der Waals surface area contributed by atoms with Gasteiger partial charge in [0, 0.05) is 30.3 Å². The van der Waals surface area contributed by atoms with Gasteiger partial charge in [-0.05, 0) is 43.9 Å². The number of halogens is 1. The molecule has 0 saturated carbocycles. The molecule has 1 saturated heterocycles. The molecule has 3 heteroatoms. The molecule has 1 aromatic carbocycles. The highest BCUT2D eigenvalue weighted by atomic mass is 35.5. The minimum absolute atomic E-state index is 0.204. The van der Waals surface area contributed by atoms with Crippen LogP contribution in [0, 0.1) is 6.92 Å². The Morgan fingerprint density at radius 2 is 2.06 bits per heavy atom. The van der Waals surface area contributed by atoms with E-state index in [9.17, 15) is 0 Å². The summed E-state index contributed by atoms with van der Waals surface area (Å²) in [5.41, 5.74) is 2.58. The molecule has 1 heterocycles. The van der Waals surface area contributed by atoms with Gasteiger partial charge in [0.15, 0.2) is 0 Å².